The number of hydrogen-bond acceptors (Lipinski definition) is 5. The average molecular weight is 341 g/mol. The van der Waals surface area contributed by atoms with Crippen LogP contribution in [0.1, 0.15) is 24.4 Å². The molecule has 24 heavy (non-hydrogen) atoms. The van der Waals surface area contributed by atoms with Crippen molar-refractivity contribution >= 4 is 28.1 Å². The number of anilines is 2. The second-order valence-electron chi connectivity index (χ2n) is 5.20. The third-order valence-corrected chi connectivity index (χ3v) is 4.59. The van der Waals surface area contributed by atoms with Gasteiger partial charge in [0.05, 0.1) is 12.0 Å². The van der Waals surface area contributed by atoms with E-state index in [1.807, 2.05) is 29.6 Å². The number of thiazole rings is 1. The normalized spacial score (nSPS) is 10.6. The first-order valence-corrected chi connectivity index (χ1v) is 8.75. The molecule has 0 unspecified atom stereocenters. The molecule has 0 aliphatic heterocycles. The zero-order valence-corrected chi connectivity index (χ0v) is 14.5. The predicted octanol–water partition coefficient (Wildman–Crippen LogP) is 4.50. The van der Waals surface area contributed by atoms with Crippen LogP contribution in [0.15, 0.2) is 52.5 Å². The lowest BCUT2D eigenvalue weighted by Crippen LogP contribution is -2.21. The fourth-order valence-corrected chi connectivity index (χ4v) is 3.36. The highest BCUT2D eigenvalue weighted by Gasteiger charge is 2.11. The molecule has 0 radical (unpaired) electrons. The Hall–Kier alpha value is -2.60. The van der Waals surface area contributed by atoms with E-state index in [4.69, 9.17) is 9.40 Å². The number of nitrogens with zero attached hydrogens (tertiary/aromatic N) is 2. The van der Waals surface area contributed by atoms with E-state index in [1.54, 1.807) is 23.5 Å². The second kappa shape index (κ2) is 7.31. The molecule has 1 aromatic carbocycles. The highest BCUT2D eigenvalue weighted by atomic mass is 32.1. The molecule has 0 aliphatic rings. The van der Waals surface area contributed by atoms with Crippen molar-refractivity contribution in [1.82, 2.24) is 4.98 Å². The van der Waals surface area contributed by atoms with Gasteiger partial charge in [-0.1, -0.05) is 12.1 Å². The van der Waals surface area contributed by atoms with Gasteiger partial charge in [-0.25, -0.2) is 4.98 Å². The Morgan fingerprint density at radius 1 is 1.25 bits per heavy atom. The first-order chi connectivity index (χ1) is 11.7. The maximum absolute atomic E-state index is 12.1. The standard InChI is InChI=1S/C18H19N3O2S/c1-3-21(4-2)18-20-15(12-24-18)13-7-5-8-14(11-13)19-17(22)16-9-6-10-23-16/h5-12H,3-4H2,1-2H3,(H,19,22). The van der Waals surface area contributed by atoms with Gasteiger partial charge in [0, 0.05) is 29.7 Å². The predicted molar refractivity (Wildman–Crippen MR) is 97.8 cm³/mol. The molecule has 0 atom stereocenters. The minimum atomic E-state index is -0.265. The van der Waals surface area contributed by atoms with Crippen LogP contribution in [0.3, 0.4) is 0 Å². The van der Waals surface area contributed by atoms with Gasteiger partial charge in [0.2, 0.25) is 0 Å². The number of carbonyl (C=O) groups is 1. The van der Waals surface area contributed by atoms with E-state index in [0.717, 1.165) is 29.5 Å². The lowest BCUT2D eigenvalue weighted by atomic mass is 10.1. The van der Waals surface area contributed by atoms with Gasteiger partial charge >= 0.3 is 0 Å². The van der Waals surface area contributed by atoms with Crippen LogP contribution in [-0.4, -0.2) is 24.0 Å². The Kier molecular flexibility index (Phi) is 4.96. The van der Waals surface area contributed by atoms with Crippen molar-refractivity contribution in [3.8, 4) is 11.3 Å². The van der Waals surface area contributed by atoms with E-state index in [9.17, 15) is 4.79 Å². The van der Waals surface area contributed by atoms with Gasteiger partial charge in [0.25, 0.3) is 5.91 Å². The summed E-state index contributed by atoms with van der Waals surface area (Å²) < 4.78 is 5.11. The van der Waals surface area contributed by atoms with Crippen LogP contribution < -0.4 is 10.2 Å². The summed E-state index contributed by atoms with van der Waals surface area (Å²) >= 11 is 1.63. The Morgan fingerprint density at radius 3 is 2.79 bits per heavy atom. The summed E-state index contributed by atoms with van der Waals surface area (Å²) in [5.41, 5.74) is 2.60. The number of rotatable bonds is 6. The van der Waals surface area contributed by atoms with Gasteiger partial charge in [-0.05, 0) is 38.1 Å². The van der Waals surface area contributed by atoms with Crippen molar-refractivity contribution in [1.29, 1.82) is 0 Å². The first kappa shape index (κ1) is 16.3. The van der Waals surface area contributed by atoms with E-state index in [2.05, 4.69) is 24.1 Å². The maximum Gasteiger partial charge on any atom is 0.291 e. The first-order valence-electron chi connectivity index (χ1n) is 7.87. The van der Waals surface area contributed by atoms with Gasteiger partial charge in [0.15, 0.2) is 10.9 Å². The van der Waals surface area contributed by atoms with Crippen molar-refractivity contribution in [2.24, 2.45) is 0 Å². The smallest absolute Gasteiger partial charge is 0.291 e. The van der Waals surface area contributed by atoms with Crippen LogP contribution in [0, 0.1) is 0 Å². The molecule has 0 bridgehead atoms. The van der Waals surface area contributed by atoms with Crippen molar-refractivity contribution < 1.29 is 9.21 Å². The average Bonchev–Trinajstić information content (AvgIpc) is 3.28. The molecule has 0 saturated carbocycles. The minimum Gasteiger partial charge on any atom is -0.459 e. The molecule has 0 fully saturated rings. The minimum absolute atomic E-state index is 0.265. The molecule has 6 heteroatoms. The van der Waals surface area contributed by atoms with E-state index in [-0.39, 0.29) is 11.7 Å². The molecule has 3 aromatic rings. The van der Waals surface area contributed by atoms with Crippen LogP contribution >= 0.6 is 11.3 Å². The molecule has 5 nitrogen and oxygen atoms in total. The summed E-state index contributed by atoms with van der Waals surface area (Å²) in [6.07, 6.45) is 1.48. The number of carbonyl (C=O) groups excluding carboxylic acids is 1. The number of hydrogen-bond donors (Lipinski definition) is 1. The Labute approximate surface area is 144 Å². The van der Waals surface area contributed by atoms with Crippen molar-refractivity contribution in [3.05, 3.63) is 53.8 Å². The summed E-state index contributed by atoms with van der Waals surface area (Å²) in [6, 6.07) is 11.0. The van der Waals surface area contributed by atoms with Crippen LogP contribution in [-0.2, 0) is 0 Å². The summed E-state index contributed by atoms with van der Waals surface area (Å²) in [5, 5.41) is 5.90. The second-order valence-corrected chi connectivity index (χ2v) is 6.04. The van der Waals surface area contributed by atoms with Crippen LogP contribution in [0.5, 0.6) is 0 Å². The summed E-state index contributed by atoms with van der Waals surface area (Å²) in [4.78, 5) is 19.0. The fourth-order valence-electron chi connectivity index (χ4n) is 2.39. The van der Waals surface area contributed by atoms with Gasteiger partial charge < -0.3 is 14.6 Å². The van der Waals surface area contributed by atoms with Gasteiger partial charge in [0.1, 0.15) is 0 Å². The number of aromatic nitrogens is 1. The summed E-state index contributed by atoms with van der Waals surface area (Å²) in [5.74, 6) is 0.0251. The Balaban J connectivity index is 1.79. The Morgan fingerprint density at radius 2 is 2.08 bits per heavy atom. The van der Waals surface area contributed by atoms with Crippen LogP contribution in [0.25, 0.3) is 11.3 Å². The van der Waals surface area contributed by atoms with Crippen LogP contribution in [0.2, 0.25) is 0 Å². The van der Waals surface area contributed by atoms with Gasteiger partial charge in [-0.3, -0.25) is 4.79 Å². The van der Waals surface area contributed by atoms with E-state index >= 15 is 0 Å². The third kappa shape index (κ3) is 3.49. The lowest BCUT2D eigenvalue weighted by molar-refractivity contribution is 0.0996. The molecule has 0 aliphatic carbocycles. The van der Waals surface area contributed by atoms with Crippen LogP contribution in [0.4, 0.5) is 10.8 Å². The van der Waals surface area contributed by atoms with E-state index in [0.29, 0.717) is 5.69 Å². The third-order valence-electron chi connectivity index (χ3n) is 3.69. The number of amides is 1. The lowest BCUT2D eigenvalue weighted by Gasteiger charge is -2.16. The zero-order valence-electron chi connectivity index (χ0n) is 13.7. The molecule has 0 saturated heterocycles. The largest absolute Gasteiger partial charge is 0.459 e. The molecule has 1 amide bonds. The van der Waals surface area contributed by atoms with Crippen molar-refractivity contribution in [2.75, 3.05) is 23.3 Å². The Bertz CT molecular complexity index is 807. The topological polar surface area (TPSA) is 58.4 Å². The molecule has 2 heterocycles. The summed E-state index contributed by atoms with van der Waals surface area (Å²) in [7, 11) is 0. The van der Waals surface area contributed by atoms with Crippen molar-refractivity contribution in [3.63, 3.8) is 0 Å². The van der Waals surface area contributed by atoms with Gasteiger partial charge in [-0.2, -0.15) is 0 Å². The molecular formula is C18H19N3O2S. The number of furan rings is 1. The zero-order chi connectivity index (χ0) is 16.9. The highest BCUT2D eigenvalue weighted by Crippen LogP contribution is 2.28. The molecule has 3 rings (SSSR count). The highest BCUT2D eigenvalue weighted by molar-refractivity contribution is 7.14. The van der Waals surface area contributed by atoms with E-state index in [1.165, 1.54) is 6.26 Å². The van der Waals surface area contributed by atoms with Crippen molar-refractivity contribution in [2.45, 2.75) is 13.8 Å². The molecule has 2 aromatic heterocycles. The molecule has 0 spiro atoms. The molecule has 1 N–H and O–H groups in total. The fraction of sp³-hybridized carbons (Fsp3) is 0.222. The SMILES string of the molecule is CCN(CC)c1nc(-c2cccc(NC(=O)c3ccco3)c2)cs1. The van der Waals surface area contributed by atoms with E-state index < -0.39 is 0 Å². The quantitative estimate of drug-likeness (QED) is 0.717. The monoisotopic (exact) mass is 341 g/mol. The number of nitrogens with one attached hydrogen (secondary N) is 1. The number of benzene rings is 1. The summed E-state index contributed by atoms with van der Waals surface area (Å²) in [6.45, 7) is 6.11. The molecule has 124 valence electrons. The van der Waals surface area contributed by atoms with Gasteiger partial charge in [-0.15, -0.1) is 11.3 Å². The molecular weight excluding hydrogens is 322 g/mol. The maximum atomic E-state index is 12.1.